The van der Waals surface area contributed by atoms with Crippen molar-refractivity contribution in [3.05, 3.63) is 54.4 Å². The van der Waals surface area contributed by atoms with Crippen LogP contribution in [0.5, 0.6) is 0 Å². The molecule has 1 unspecified atom stereocenters. The minimum absolute atomic E-state index is 0.0426. The van der Waals surface area contributed by atoms with Crippen molar-refractivity contribution >= 4 is 17.0 Å². The Labute approximate surface area is 128 Å². The van der Waals surface area contributed by atoms with Crippen molar-refractivity contribution in [3.63, 3.8) is 0 Å². The molecule has 5 nitrogen and oxygen atoms in total. The van der Waals surface area contributed by atoms with Crippen LogP contribution in [0.2, 0.25) is 0 Å². The molecule has 5 heteroatoms. The van der Waals surface area contributed by atoms with E-state index in [1.807, 2.05) is 60.3 Å². The molecule has 0 spiro atoms. The van der Waals surface area contributed by atoms with E-state index in [4.69, 9.17) is 0 Å². The zero-order chi connectivity index (χ0) is 14.9. The van der Waals surface area contributed by atoms with Gasteiger partial charge in [-0.3, -0.25) is 4.98 Å². The quantitative estimate of drug-likeness (QED) is 0.676. The Morgan fingerprint density at radius 1 is 1.14 bits per heavy atom. The Morgan fingerprint density at radius 2 is 1.95 bits per heavy atom. The molecule has 1 aromatic carbocycles. The average molecular weight is 291 g/mol. The molecule has 3 aromatic rings. The molecule has 0 saturated heterocycles. The van der Waals surface area contributed by atoms with E-state index in [2.05, 4.69) is 20.2 Å². The number of pyridine rings is 1. The zero-order valence-electron chi connectivity index (χ0n) is 12.4. The van der Waals surface area contributed by atoms with Gasteiger partial charge in [0.15, 0.2) is 0 Å². The fourth-order valence-corrected chi connectivity index (χ4v) is 2.69. The molecule has 1 fully saturated rings. The van der Waals surface area contributed by atoms with Crippen LogP contribution in [0.4, 0.5) is 5.95 Å². The molecule has 2 aromatic heterocycles. The number of fused-ring (bicyclic) bond motifs is 1. The lowest BCUT2D eigenvalue weighted by molar-refractivity contribution is 0.586. The van der Waals surface area contributed by atoms with Crippen LogP contribution in [0.1, 0.15) is 24.6 Å². The number of para-hydroxylation sites is 2. The number of nitrogens with zero attached hydrogens (tertiary/aromatic N) is 5. The van der Waals surface area contributed by atoms with Crippen molar-refractivity contribution < 1.29 is 0 Å². The molecular formula is C17H17N5. The molecule has 4 rings (SSSR count). The smallest absolute Gasteiger partial charge is 0.249 e. The largest absolute Gasteiger partial charge is 0.310 e. The van der Waals surface area contributed by atoms with Crippen LogP contribution in [0.15, 0.2) is 58.9 Å². The van der Waals surface area contributed by atoms with Crippen molar-refractivity contribution in [2.24, 2.45) is 23.2 Å². The van der Waals surface area contributed by atoms with Gasteiger partial charge >= 0.3 is 0 Å². The molecule has 2 heterocycles. The van der Waals surface area contributed by atoms with Crippen molar-refractivity contribution in [1.29, 1.82) is 0 Å². The first-order chi connectivity index (χ1) is 10.8. The summed E-state index contributed by atoms with van der Waals surface area (Å²) in [6.07, 6.45) is 4.21. The predicted octanol–water partition coefficient (Wildman–Crippen LogP) is 4.20. The lowest BCUT2D eigenvalue weighted by Gasteiger charge is -2.08. The van der Waals surface area contributed by atoms with Crippen LogP contribution in [-0.2, 0) is 7.05 Å². The van der Waals surface area contributed by atoms with Gasteiger partial charge < -0.3 is 4.57 Å². The Hall–Kier alpha value is -2.56. The molecule has 0 amide bonds. The van der Waals surface area contributed by atoms with Gasteiger partial charge in [0.25, 0.3) is 0 Å². The molecule has 0 radical (unpaired) electrons. The maximum absolute atomic E-state index is 4.56. The summed E-state index contributed by atoms with van der Waals surface area (Å²) in [5.41, 5.74) is 3.00. The summed E-state index contributed by atoms with van der Waals surface area (Å²) in [7, 11) is 1.97. The number of aryl methyl sites for hydroxylation is 1. The number of benzene rings is 1. The van der Waals surface area contributed by atoms with Gasteiger partial charge in [0.05, 0.1) is 16.7 Å². The van der Waals surface area contributed by atoms with E-state index in [1.54, 1.807) is 0 Å². The van der Waals surface area contributed by atoms with Gasteiger partial charge in [0.2, 0.25) is 5.95 Å². The van der Waals surface area contributed by atoms with Crippen LogP contribution < -0.4 is 0 Å². The van der Waals surface area contributed by atoms with E-state index >= 15 is 0 Å². The summed E-state index contributed by atoms with van der Waals surface area (Å²) in [6, 6.07) is 14.0. The first-order valence-electron chi connectivity index (χ1n) is 7.56. The first kappa shape index (κ1) is 13.1. The molecule has 1 aliphatic carbocycles. The number of aromatic nitrogens is 3. The van der Waals surface area contributed by atoms with E-state index in [0.29, 0.717) is 11.9 Å². The number of hydrogen-bond acceptors (Lipinski definition) is 4. The third-order valence-corrected chi connectivity index (χ3v) is 4.09. The Morgan fingerprint density at radius 3 is 2.68 bits per heavy atom. The average Bonchev–Trinajstić information content (AvgIpc) is 3.35. The van der Waals surface area contributed by atoms with E-state index in [1.165, 1.54) is 12.8 Å². The minimum Gasteiger partial charge on any atom is -0.310 e. The van der Waals surface area contributed by atoms with Crippen molar-refractivity contribution in [2.45, 2.75) is 18.9 Å². The fraction of sp³-hybridized carbons (Fsp3) is 0.294. The SMILES string of the molecule is Cn1c(N=NC(c2ccccn2)C2CC2)nc2ccccc21. The normalized spacial score (nSPS) is 16.4. The van der Waals surface area contributed by atoms with Gasteiger partial charge in [-0.1, -0.05) is 18.2 Å². The van der Waals surface area contributed by atoms with Gasteiger partial charge in [-0.2, -0.15) is 5.11 Å². The Kier molecular flexibility index (Phi) is 3.18. The molecule has 1 aliphatic rings. The molecule has 0 aliphatic heterocycles. The van der Waals surface area contributed by atoms with Crippen molar-refractivity contribution in [1.82, 2.24) is 14.5 Å². The maximum Gasteiger partial charge on any atom is 0.249 e. The summed E-state index contributed by atoms with van der Waals surface area (Å²) in [5.74, 6) is 1.20. The topological polar surface area (TPSA) is 55.4 Å². The highest BCUT2D eigenvalue weighted by molar-refractivity contribution is 5.77. The number of imidazole rings is 1. The highest BCUT2D eigenvalue weighted by atomic mass is 15.3. The van der Waals surface area contributed by atoms with Gasteiger partial charge in [-0.15, -0.1) is 5.11 Å². The zero-order valence-corrected chi connectivity index (χ0v) is 12.4. The molecular weight excluding hydrogens is 274 g/mol. The van der Waals surface area contributed by atoms with Crippen LogP contribution in [0.25, 0.3) is 11.0 Å². The molecule has 0 bridgehead atoms. The van der Waals surface area contributed by atoms with Crippen molar-refractivity contribution in [2.75, 3.05) is 0 Å². The molecule has 1 atom stereocenters. The third-order valence-electron chi connectivity index (χ3n) is 4.09. The maximum atomic E-state index is 4.56. The van der Waals surface area contributed by atoms with Crippen LogP contribution in [-0.4, -0.2) is 14.5 Å². The lowest BCUT2D eigenvalue weighted by Crippen LogP contribution is -2.00. The third kappa shape index (κ3) is 2.39. The standard InChI is InChI=1S/C17H17N5/c1-22-15-8-3-2-6-13(15)19-17(22)21-20-16(12-9-10-12)14-7-4-5-11-18-14/h2-8,11-12,16H,9-10H2,1H3. The summed E-state index contributed by atoms with van der Waals surface area (Å²) < 4.78 is 1.97. The number of rotatable bonds is 4. The van der Waals surface area contributed by atoms with E-state index in [0.717, 1.165) is 16.7 Å². The fourth-order valence-electron chi connectivity index (χ4n) is 2.69. The van der Waals surface area contributed by atoms with Gasteiger partial charge in [-0.05, 0) is 43.0 Å². The van der Waals surface area contributed by atoms with Crippen LogP contribution >= 0.6 is 0 Å². The number of azo groups is 1. The second-order valence-electron chi connectivity index (χ2n) is 5.71. The molecule has 1 saturated carbocycles. The lowest BCUT2D eigenvalue weighted by atomic mass is 10.1. The van der Waals surface area contributed by atoms with E-state index in [9.17, 15) is 0 Å². The van der Waals surface area contributed by atoms with Crippen LogP contribution in [0, 0.1) is 5.92 Å². The van der Waals surface area contributed by atoms with Gasteiger partial charge in [0.1, 0.15) is 6.04 Å². The highest BCUT2D eigenvalue weighted by Crippen LogP contribution is 2.43. The summed E-state index contributed by atoms with van der Waals surface area (Å²) in [5, 5.41) is 8.98. The second-order valence-corrected chi connectivity index (χ2v) is 5.71. The summed E-state index contributed by atoms with van der Waals surface area (Å²) in [6.45, 7) is 0. The van der Waals surface area contributed by atoms with E-state index in [-0.39, 0.29) is 6.04 Å². The summed E-state index contributed by atoms with van der Waals surface area (Å²) >= 11 is 0. The van der Waals surface area contributed by atoms with Gasteiger partial charge in [0, 0.05) is 13.2 Å². The minimum atomic E-state index is 0.0426. The highest BCUT2D eigenvalue weighted by Gasteiger charge is 2.33. The second kappa shape index (κ2) is 5.33. The molecule has 22 heavy (non-hydrogen) atoms. The van der Waals surface area contributed by atoms with E-state index < -0.39 is 0 Å². The molecule has 110 valence electrons. The Balaban J connectivity index is 1.68. The first-order valence-corrected chi connectivity index (χ1v) is 7.56. The molecule has 0 N–H and O–H groups in total. The van der Waals surface area contributed by atoms with Gasteiger partial charge in [-0.25, -0.2) is 4.98 Å². The predicted molar refractivity (Wildman–Crippen MR) is 84.9 cm³/mol. The number of hydrogen-bond donors (Lipinski definition) is 0. The monoisotopic (exact) mass is 291 g/mol. The van der Waals surface area contributed by atoms with Crippen LogP contribution in [0.3, 0.4) is 0 Å². The Bertz CT molecular complexity index is 817. The summed E-state index contributed by atoms with van der Waals surface area (Å²) in [4.78, 5) is 8.98. The van der Waals surface area contributed by atoms with Crippen molar-refractivity contribution in [3.8, 4) is 0 Å².